The van der Waals surface area contributed by atoms with Gasteiger partial charge in [-0.15, -0.1) is 5.10 Å². The molecule has 7 heteroatoms. The quantitative estimate of drug-likeness (QED) is 0.645. The van der Waals surface area contributed by atoms with Crippen LogP contribution in [0.5, 0.6) is 0 Å². The molecule has 3 aromatic rings. The third kappa shape index (κ3) is 4.82. The average molecular weight is 422 g/mol. The van der Waals surface area contributed by atoms with E-state index < -0.39 is 0 Å². The monoisotopic (exact) mass is 421 g/mol. The summed E-state index contributed by atoms with van der Waals surface area (Å²) in [6.07, 6.45) is 0.886. The molecular formula is C24H28FN5O. The molecule has 2 aromatic carbocycles. The summed E-state index contributed by atoms with van der Waals surface area (Å²) in [7, 11) is 0. The van der Waals surface area contributed by atoms with Crippen LogP contribution in [0.4, 0.5) is 4.39 Å². The summed E-state index contributed by atoms with van der Waals surface area (Å²) in [4.78, 5) is 18.9. The molecule has 0 aliphatic carbocycles. The molecule has 0 unspecified atom stereocenters. The Bertz CT molecular complexity index is 1080. The van der Waals surface area contributed by atoms with Crippen LogP contribution in [0.15, 0.2) is 42.5 Å². The predicted molar refractivity (Wildman–Crippen MR) is 118 cm³/mol. The Morgan fingerprint density at radius 3 is 2.48 bits per heavy atom. The highest BCUT2D eigenvalue weighted by molar-refractivity contribution is 5.93. The van der Waals surface area contributed by atoms with E-state index in [1.807, 2.05) is 49.9 Å². The Morgan fingerprint density at radius 2 is 1.74 bits per heavy atom. The van der Waals surface area contributed by atoms with Gasteiger partial charge in [0.2, 0.25) is 0 Å². The van der Waals surface area contributed by atoms with Gasteiger partial charge in [0.25, 0.3) is 5.91 Å². The summed E-state index contributed by atoms with van der Waals surface area (Å²) < 4.78 is 13.1. The van der Waals surface area contributed by atoms with Crippen molar-refractivity contribution < 1.29 is 9.18 Å². The van der Waals surface area contributed by atoms with Crippen molar-refractivity contribution in [3.63, 3.8) is 0 Å². The molecule has 1 aliphatic heterocycles. The minimum Gasteiger partial charge on any atom is -0.336 e. The van der Waals surface area contributed by atoms with Crippen LogP contribution >= 0.6 is 0 Å². The Balaban J connectivity index is 1.45. The third-order valence-electron chi connectivity index (χ3n) is 5.75. The highest BCUT2D eigenvalue weighted by Crippen LogP contribution is 2.17. The number of rotatable bonds is 4. The van der Waals surface area contributed by atoms with E-state index in [0.29, 0.717) is 24.5 Å². The second-order valence-electron chi connectivity index (χ2n) is 8.26. The molecular weight excluding hydrogens is 393 g/mol. The molecule has 0 saturated carbocycles. The van der Waals surface area contributed by atoms with Crippen LogP contribution in [-0.2, 0) is 6.54 Å². The van der Waals surface area contributed by atoms with Crippen LogP contribution in [0.3, 0.4) is 0 Å². The molecule has 4 rings (SSSR count). The summed E-state index contributed by atoms with van der Waals surface area (Å²) in [5.41, 5.74) is 5.25. The van der Waals surface area contributed by atoms with Gasteiger partial charge < -0.3 is 4.90 Å². The van der Waals surface area contributed by atoms with Gasteiger partial charge in [-0.25, -0.2) is 4.39 Å². The number of nitrogens with zero attached hydrogens (tertiary/aromatic N) is 5. The SMILES string of the molecule is Cc1ccc(-n2nc(C)c(C(=O)N3CCCN(Cc4ccc(F)cc4)CC3)n2)c(C)c1. The van der Waals surface area contributed by atoms with Crippen molar-refractivity contribution >= 4 is 5.91 Å². The average Bonchev–Trinajstić information content (AvgIpc) is 2.97. The van der Waals surface area contributed by atoms with E-state index in [9.17, 15) is 9.18 Å². The van der Waals surface area contributed by atoms with Gasteiger partial charge in [-0.2, -0.15) is 9.90 Å². The lowest BCUT2D eigenvalue weighted by atomic mass is 10.1. The van der Waals surface area contributed by atoms with Crippen molar-refractivity contribution in [2.45, 2.75) is 33.7 Å². The fraction of sp³-hybridized carbons (Fsp3) is 0.375. The first-order chi connectivity index (χ1) is 14.9. The standard InChI is InChI=1S/C24H28FN5O/c1-17-5-10-22(18(2)15-17)30-26-19(3)23(27-30)24(31)29-12-4-11-28(13-14-29)16-20-6-8-21(25)9-7-20/h5-10,15H,4,11-14,16H2,1-3H3. The molecule has 1 saturated heterocycles. The van der Waals surface area contributed by atoms with Crippen molar-refractivity contribution in [1.82, 2.24) is 24.8 Å². The third-order valence-corrected chi connectivity index (χ3v) is 5.75. The molecule has 0 spiro atoms. The van der Waals surface area contributed by atoms with Gasteiger partial charge in [0.05, 0.1) is 11.4 Å². The number of aromatic nitrogens is 3. The van der Waals surface area contributed by atoms with Crippen molar-refractivity contribution in [2.24, 2.45) is 0 Å². The van der Waals surface area contributed by atoms with E-state index in [0.717, 1.165) is 42.9 Å². The maximum absolute atomic E-state index is 13.2. The fourth-order valence-corrected chi connectivity index (χ4v) is 4.04. The number of amides is 1. The Labute approximate surface area is 182 Å². The predicted octanol–water partition coefficient (Wildman–Crippen LogP) is 3.68. The van der Waals surface area contributed by atoms with Gasteiger partial charge in [0.1, 0.15) is 5.82 Å². The summed E-state index contributed by atoms with van der Waals surface area (Å²) in [5.74, 6) is -0.294. The largest absolute Gasteiger partial charge is 0.336 e. The minimum absolute atomic E-state index is 0.0721. The normalized spacial score (nSPS) is 15.2. The number of hydrogen-bond donors (Lipinski definition) is 0. The number of benzene rings is 2. The topological polar surface area (TPSA) is 54.3 Å². The molecule has 0 radical (unpaired) electrons. The lowest BCUT2D eigenvalue weighted by Gasteiger charge is -2.21. The van der Waals surface area contributed by atoms with E-state index in [1.165, 1.54) is 17.7 Å². The van der Waals surface area contributed by atoms with Gasteiger partial charge in [-0.3, -0.25) is 9.69 Å². The van der Waals surface area contributed by atoms with Gasteiger partial charge in [0.15, 0.2) is 5.69 Å². The summed E-state index contributed by atoms with van der Waals surface area (Å²) >= 11 is 0. The van der Waals surface area contributed by atoms with E-state index in [-0.39, 0.29) is 11.7 Å². The second-order valence-corrected chi connectivity index (χ2v) is 8.26. The maximum Gasteiger partial charge on any atom is 0.276 e. The lowest BCUT2D eigenvalue weighted by molar-refractivity contribution is 0.0754. The number of hydrogen-bond acceptors (Lipinski definition) is 4. The molecule has 6 nitrogen and oxygen atoms in total. The number of carbonyl (C=O) groups excluding carboxylic acids is 1. The number of aryl methyl sites for hydroxylation is 3. The first-order valence-corrected chi connectivity index (χ1v) is 10.7. The van der Waals surface area contributed by atoms with Crippen LogP contribution in [0, 0.1) is 26.6 Å². The van der Waals surface area contributed by atoms with Gasteiger partial charge in [0, 0.05) is 32.7 Å². The van der Waals surface area contributed by atoms with Crippen LogP contribution in [0.1, 0.15) is 39.3 Å². The van der Waals surface area contributed by atoms with E-state index in [2.05, 4.69) is 21.2 Å². The zero-order valence-electron chi connectivity index (χ0n) is 18.3. The summed E-state index contributed by atoms with van der Waals surface area (Å²) in [5, 5.41) is 9.04. The molecule has 162 valence electrons. The zero-order chi connectivity index (χ0) is 22.0. The van der Waals surface area contributed by atoms with Crippen molar-refractivity contribution in [3.8, 4) is 5.69 Å². The molecule has 0 N–H and O–H groups in total. The Morgan fingerprint density at radius 1 is 0.968 bits per heavy atom. The first kappa shape index (κ1) is 21.2. The fourth-order valence-electron chi connectivity index (χ4n) is 4.04. The van der Waals surface area contributed by atoms with Crippen molar-refractivity contribution in [2.75, 3.05) is 26.2 Å². The molecule has 1 aliphatic rings. The van der Waals surface area contributed by atoms with E-state index in [1.54, 1.807) is 4.80 Å². The van der Waals surface area contributed by atoms with Gasteiger partial charge >= 0.3 is 0 Å². The molecule has 2 heterocycles. The van der Waals surface area contributed by atoms with Gasteiger partial charge in [-0.05, 0) is 56.5 Å². The summed E-state index contributed by atoms with van der Waals surface area (Å²) in [6.45, 7) is 9.65. The van der Waals surface area contributed by atoms with Gasteiger partial charge in [-0.1, -0.05) is 29.8 Å². The van der Waals surface area contributed by atoms with Crippen LogP contribution in [0.2, 0.25) is 0 Å². The zero-order valence-corrected chi connectivity index (χ0v) is 18.3. The molecule has 1 aromatic heterocycles. The molecule has 31 heavy (non-hydrogen) atoms. The highest BCUT2D eigenvalue weighted by atomic mass is 19.1. The van der Waals surface area contributed by atoms with Crippen molar-refractivity contribution in [1.29, 1.82) is 0 Å². The Kier molecular flexibility index (Phi) is 6.13. The van der Waals surface area contributed by atoms with Crippen LogP contribution in [0.25, 0.3) is 5.69 Å². The Hall–Kier alpha value is -3.06. The molecule has 1 fully saturated rings. The first-order valence-electron chi connectivity index (χ1n) is 10.7. The smallest absolute Gasteiger partial charge is 0.276 e. The molecule has 0 bridgehead atoms. The number of halogens is 1. The number of carbonyl (C=O) groups is 1. The highest BCUT2D eigenvalue weighted by Gasteiger charge is 2.25. The second kappa shape index (κ2) is 8.98. The maximum atomic E-state index is 13.2. The lowest BCUT2D eigenvalue weighted by Crippen LogP contribution is -2.35. The van der Waals surface area contributed by atoms with Crippen LogP contribution < -0.4 is 0 Å². The summed E-state index contributed by atoms with van der Waals surface area (Å²) in [6, 6.07) is 12.7. The molecule has 1 amide bonds. The molecule has 0 atom stereocenters. The van der Waals surface area contributed by atoms with E-state index in [4.69, 9.17) is 0 Å². The van der Waals surface area contributed by atoms with Crippen LogP contribution in [-0.4, -0.2) is 56.9 Å². The van der Waals surface area contributed by atoms with E-state index >= 15 is 0 Å². The van der Waals surface area contributed by atoms with Crippen molar-refractivity contribution in [3.05, 3.63) is 76.4 Å². The minimum atomic E-state index is -0.222.